The Balaban J connectivity index is 1.75. The van der Waals surface area contributed by atoms with Crippen molar-refractivity contribution in [2.24, 2.45) is 5.10 Å². The van der Waals surface area contributed by atoms with Crippen molar-refractivity contribution in [3.8, 4) is 17.2 Å². The van der Waals surface area contributed by atoms with E-state index in [0.29, 0.717) is 51.1 Å². The standard InChI is InChI=1S/C25H24BrClN2O4/c1-4-32-23-13-17(12-20(26)24(23)33-15-18-7-5-6-8-21(18)27)14-28-29-25(30)19-10-9-16(2)11-22(19)31-3/h5-14H,4,15H2,1-3H3,(H,29,30)/b28-14-. The molecule has 0 bridgehead atoms. The van der Waals surface area contributed by atoms with Gasteiger partial charge in [0.25, 0.3) is 5.91 Å². The topological polar surface area (TPSA) is 69.2 Å². The molecule has 3 aromatic rings. The van der Waals surface area contributed by atoms with Gasteiger partial charge in [0.2, 0.25) is 0 Å². The molecule has 0 radical (unpaired) electrons. The van der Waals surface area contributed by atoms with E-state index in [-0.39, 0.29) is 5.91 Å². The molecule has 33 heavy (non-hydrogen) atoms. The molecule has 0 spiro atoms. The van der Waals surface area contributed by atoms with Crippen LogP contribution < -0.4 is 19.6 Å². The Bertz CT molecular complexity index is 1170. The maximum absolute atomic E-state index is 12.5. The van der Waals surface area contributed by atoms with Gasteiger partial charge in [0.05, 0.1) is 30.0 Å². The van der Waals surface area contributed by atoms with E-state index in [2.05, 4.69) is 26.5 Å². The van der Waals surface area contributed by atoms with Crippen molar-refractivity contribution in [3.05, 3.63) is 86.3 Å². The fourth-order valence-electron chi connectivity index (χ4n) is 3.04. The lowest BCUT2D eigenvalue weighted by molar-refractivity contribution is 0.0952. The molecule has 0 saturated heterocycles. The molecule has 3 rings (SSSR count). The molecule has 6 nitrogen and oxygen atoms in total. The van der Waals surface area contributed by atoms with E-state index < -0.39 is 0 Å². The number of halogens is 2. The van der Waals surface area contributed by atoms with Gasteiger partial charge in [-0.2, -0.15) is 5.10 Å². The normalized spacial score (nSPS) is 10.8. The lowest BCUT2D eigenvalue weighted by atomic mass is 10.1. The lowest BCUT2D eigenvalue weighted by Crippen LogP contribution is -2.18. The molecule has 0 unspecified atom stereocenters. The van der Waals surface area contributed by atoms with Crippen molar-refractivity contribution in [2.45, 2.75) is 20.5 Å². The highest BCUT2D eigenvalue weighted by molar-refractivity contribution is 9.10. The first-order valence-corrected chi connectivity index (χ1v) is 11.4. The Morgan fingerprint density at radius 3 is 2.64 bits per heavy atom. The van der Waals surface area contributed by atoms with Crippen LogP contribution in [0.15, 0.2) is 64.2 Å². The maximum Gasteiger partial charge on any atom is 0.275 e. The molecule has 8 heteroatoms. The summed E-state index contributed by atoms with van der Waals surface area (Å²) in [7, 11) is 1.52. The molecule has 0 heterocycles. The van der Waals surface area contributed by atoms with Gasteiger partial charge in [-0.1, -0.05) is 35.9 Å². The van der Waals surface area contributed by atoms with Crippen molar-refractivity contribution in [2.75, 3.05) is 13.7 Å². The van der Waals surface area contributed by atoms with E-state index in [1.807, 2.05) is 50.2 Å². The predicted molar refractivity (Wildman–Crippen MR) is 134 cm³/mol. The Kier molecular flexibility index (Phi) is 8.74. The van der Waals surface area contributed by atoms with Crippen molar-refractivity contribution < 1.29 is 19.0 Å². The number of carbonyl (C=O) groups excluding carboxylic acids is 1. The Morgan fingerprint density at radius 2 is 1.91 bits per heavy atom. The van der Waals surface area contributed by atoms with E-state index in [9.17, 15) is 4.79 Å². The van der Waals surface area contributed by atoms with Crippen LogP contribution in [0, 0.1) is 6.92 Å². The van der Waals surface area contributed by atoms with Gasteiger partial charge in [0, 0.05) is 10.6 Å². The number of aryl methyl sites for hydroxylation is 1. The second kappa shape index (κ2) is 11.7. The number of nitrogens with one attached hydrogen (secondary N) is 1. The van der Waals surface area contributed by atoms with Crippen LogP contribution in [0.2, 0.25) is 5.02 Å². The third-order valence-corrected chi connectivity index (χ3v) is 5.60. The van der Waals surface area contributed by atoms with Crippen molar-refractivity contribution >= 4 is 39.7 Å². The van der Waals surface area contributed by atoms with E-state index in [1.54, 1.807) is 18.2 Å². The van der Waals surface area contributed by atoms with Crippen LogP contribution in [0.5, 0.6) is 17.2 Å². The van der Waals surface area contributed by atoms with Crippen LogP contribution in [0.1, 0.15) is 34.0 Å². The third-order valence-electron chi connectivity index (χ3n) is 4.64. The zero-order valence-electron chi connectivity index (χ0n) is 18.5. The zero-order valence-corrected chi connectivity index (χ0v) is 20.9. The number of nitrogens with zero attached hydrogens (tertiary/aromatic N) is 1. The second-order valence-electron chi connectivity index (χ2n) is 7.05. The van der Waals surface area contributed by atoms with Gasteiger partial charge in [-0.15, -0.1) is 0 Å². The Morgan fingerprint density at radius 1 is 1.12 bits per heavy atom. The smallest absolute Gasteiger partial charge is 0.275 e. The lowest BCUT2D eigenvalue weighted by Gasteiger charge is -2.15. The molecule has 0 atom stereocenters. The van der Waals surface area contributed by atoms with E-state index >= 15 is 0 Å². The zero-order chi connectivity index (χ0) is 23.8. The van der Waals surface area contributed by atoms with Crippen molar-refractivity contribution in [3.63, 3.8) is 0 Å². The number of hydrogen-bond donors (Lipinski definition) is 1. The first-order valence-electron chi connectivity index (χ1n) is 10.2. The molecule has 1 amide bonds. The Labute approximate surface area is 206 Å². The highest BCUT2D eigenvalue weighted by atomic mass is 79.9. The summed E-state index contributed by atoms with van der Waals surface area (Å²) in [6, 6.07) is 16.5. The van der Waals surface area contributed by atoms with Crippen LogP contribution in [0.4, 0.5) is 0 Å². The number of benzene rings is 3. The van der Waals surface area contributed by atoms with Crippen molar-refractivity contribution in [1.82, 2.24) is 5.43 Å². The summed E-state index contributed by atoms with van der Waals surface area (Å²) in [5.74, 6) is 1.23. The molecule has 3 aromatic carbocycles. The molecular formula is C25H24BrClN2O4. The number of hydrazone groups is 1. The van der Waals surface area contributed by atoms with Gasteiger partial charge in [0.1, 0.15) is 12.4 Å². The van der Waals surface area contributed by atoms with Gasteiger partial charge in [-0.05, 0) is 71.2 Å². The SMILES string of the molecule is CCOc1cc(/C=N\NC(=O)c2ccc(C)cc2OC)cc(Br)c1OCc1ccccc1Cl. The van der Waals surface area contributed by atoms with Crippen LogP contribution in [0.3, 0.4) is 0 Å². The molecule has 0 aromatic heterocycles. The van der Waals surface area contributed by atoms with Gasteiger partial charge >= 0.3 is 0 Å². The maximum atomic E-state index is 12.5. The summed E-state index contributed by atoms with van der Waals surface area (Å²) < 4.78 is 17.7. The van der Waals surface area contributed by atoms with E-state index in [1.165, 1.54) is 13.3 Å². The first kappa shape index (κ1) is 24.6. The summed E-state index contributed by atoms with van der Waals surface area (Å²) in [4.78, 5) is 12.5. The molecule has 0 saturated carbocycles. The number of methoxy groups -OCH3 is 1. The predicted octanol–water partition coefficient (Wildman–Crippen LogP) is 6.16. The highest BCUT2D eigenvalue weighted by Gasteiger charge is 2.14. The largest absolute Gasteiger partial charge is 0.496 e. The fourth-order valence-corrected chi connectivity index (χ4v) is 3.81. The average molecular weight is 532 g/mol. The first-order chi connectivity index (χ1) is 15.9. The fraction of sp³-hybridized carbons (Fsp3) is 0.200. The second-order valence-corrected chi connectivity index (χ2v) is 8.31. The van der Waals surface area contributed by atoms with Crippen LogP contribution in [-0.2, 0) is 6.61 Å². The number of rotatable bonds is 9. The minimum Gasteiger partial charge on any atom is -0.496 e. The molecule has 0 aliphatic carbocycles. The van der Waals surface area contributed by atoms with E-state index in [4.69, 9.17) is 25.8 Å². The Hall–Kier alpha value is -3.03. The quantitative estimate of drug-likeness (QED) is 0.265. The van der Waals surface area contributed by atoms with E-state index in [0.717, 1.165) is 11.1 Å². The van der Waals surface area contributed by atoms with Gasteiger partial charge < -0.3 is 14.2 Å². The highest BCUT2D eigenvalue weighted by Crippen LogP contribution is 2.37. The number of amides is 1. The van der Waals surface area contributed by atoms with Crippen LogP contribution in [0.25, 0.3) is 0 Å². The number of ether oxygens (including phenoxy) is 3. The van der Waals surface area contributed by atoms with Gasteiger partial charge in [-0.3, -0.25) is 4.79 Å². The molecule has 1 N–H and O–H groups in total. The molecule has 172 valence electrons. The number of carbonyl (C=O) groups is 1. The minimum atomic E-state index is -0.369. The summed E-state index contributed by atoms with van der Waals surface area (Å²) in [5.41, 5.74) is 5.51. The minimum absolute atomic E-state index is 0.292. The third kappa shape index (κ3) is 6.49. The van der Waals surface area contributed by atoms with Gasteiger partial charge in [0.15, 0.2) is 11.5 Å². The molecule has 0 aliphatic rings. The number of hydrogen-bond acceptors (Lipinski definition) is 5. The van der Waals surface area contributed by atoms with Gasteiger partial charge in [-0.25, -0.2) is 5.43 Å². The summed E-state index contributed by atoms with van der Waals surface area (Å²) >= 11 is 9.77. The average Bonchev–Trinajstić information content (AvgIpc) is 2.79. The van der Waals surface area contributed by atoms with Crippen LogP contribution >= 0.6 is 27.5 Å². The summed E-state index contributed by atoms with van der Waals surface area (Å²) in [6.45, 7) is 4.57. The monoisotopic (exact) mass is 530 g/mol. The summed E-state index contributed by atoms with van der Waals surface area (Å²) in [6.07, 6.45) is 1.53. The molecular weight excluding hydrogens is 508 g/mol. The molecule has 0 aliphatic heterocycles. The summed E-state index contributed by atoms with van der Waals surface area (Å²) in [5, 5.41) is 4.71. The molecule has 0 fully saturated rings. The van der Waals surface area contributed by atoms with Crippen molar-refractivity contribution in [1.29, 1.82) is 0 Å². The van der Waals surface area contributed by atoms with Crippen LogP contribution in [-0.4, -0.2) is 25.8 Å².